The van der Waals surface area contributed by atoms with Crippen molar-refractivity contribution in [1.82, 2.24) is 4.98 Å². The topological polar surface area (TPSA) is 16.1 Å². The largest absolute Gasteiger partial charge is 0.356 e. The minimum atomic E-state index is 0.921. The van der Waals surface area contributed by atoms with Gasteiger partial charge >= 0.3 is 0 Å². The van der Waals surface area contributed by atoms with Gasteiger partial charge in [-0.25, -0.2) is 4.98 Å². The second kappa shape index (κ2) is 6.55. The molecule has 1 saturated heterocycles. The van der Waals surface area contributed by atoms with Crippen LogP contribution in [-0.4, -0.2) is 18.1 Å². The van der Waals surface area contributed by atoms with E-state index in [1.54, 1.807) is 0 Å². The second-order valence-corrected chi connectivity index (χ2v) is 6.25. The van der Waals surface area contributed by atoms with E-state index in [1.807, 2.05) is 6.20 Å². The molecule has 0 radical (unpaired) electrons. The Hall–Kier alpha value is -0.570. The van der Waals surface area contributed by atoms with Crippen molar-refractivity contribution in [3.8, 4) is 0 Å². The van der Waals surface area contributed by atoms with Crippen molar-refractivity contribution in [2.45, 2.75) is 46.0 Å². The van der Waals surface area contributed by atoms with Crippen molar-refractivity contribution < 1.29 is 0 Å². The summed E-state index contributed by atoms with van der Waals surface area (Å²) < 4.78 is 1.14. The predicted molar refractivity (Wildman–Crippen MR) is 81.1 cm³/mol. The standard InChI is InChI=1S/C15H23BrN2/c1-3-5-13-6-4-8-18(9-7-13)15-14(16)10-12(2)11-17-15/h10-11,13H,3-9H2,1-2H3. The fourth-order valence-electron chi connectivity index (χ4n) is 2.83. The van der Waals surface area contributed by atoms with Gasteiger partial charge in [0.2, 0.25) is 0 Å². The van der Waals surface area contributed by atoms with Crippen LogP contribution >= 0.6 is 15.9 Å². The average molecular weight is 311 g/mol. The van der Waals surface area contributed by atoms with Crippen LogP contribution in [0, 0.1) is 12.8 Å². The zero-order chi connectivity index (χ0) is 13.0. The number of rotatable bonds is 3. The van der Waals surface area contributed by atoms with Gasteiger partial charge in [-0.05, 0) is 59.7 Å². The smallest absolute Gasteiger partial charge is 0.142 e. The molecule has 1 fully saturated rings. The van der Waals surface area contributed by atoms with E-state index in [0.29, 0.717) is 0 Å². The lowest BCUT2D eigenvalue weighted by Gasteiger charge is -2.23. The Balaban J connectivity index is 2.05. The third-order valence-corrected chi connectivity index (χ3v) is 4.39. The molecule has 2 rings (SSSR count). The summed E-state index contributed by atoms with van der Waals surface area (Å²) in [6, 6.07) is 2.16. The summed E-state index contributed by atoms with van der Waals surface area (Å²) in [5.41, 5.74) is 1.21. The van der Waals surface area contributed by atoms with Crippen LogP contribution in [0.4, 0.5) is 5.82 Å². The van der Waals surface area contributed by atoms with Crippen molar-refractivity contribution in [3.63, 3.8) is 0 Å². The van der Waals surface area contributed by atoms with Crippen LogP contribution < -0.4 is 4.90 Å². The molecule has 1 atom stereocenters. The van der Waals surface area contributed by atoms with Crippen LogP contribution in [-0.2, 0) is 0 Å². The van der Waals surface area contributed by atoms with E-state index >= 15 is 0 Å². The highest BCUT2D eigenvalue weighted by Gasteiger charge is 2.18. The highest BCUT2D eigenvalue weighted by molar-refractivity contribution is 9.10. The van der Waals surface area contributed by atoms with Crippen LogP contribution in [0.5, 0.6) is 0 Å². The minimum absolute atomic E-state index is 0.921. The molecular weight excluding hydrogens is 288 g/mol. The number of halogens is 1. The highest BCUT2D eigenvalue weighted by atomic mass is 79.9. The van der Waals surface area contributed by atoms with E-state index in [4.69, 9.17) is 0 Å². The van der Waals surface area contributed by atoms with Gasteiger partial charge in [0.1, 0.15) is 5.82 Å². The Morgan fingerprint density at radius 1 is 1.39 bits per heavy atom. The molecule has 0 aromatic carbocycles. The summed E-state index contributed by atoms with van der Waals surface area (Å²) in [6.07, 6.45) is 8.66. The highest BCUT2D eigenvalue weighted by Crippen LogP contribution is 2.29. The van der Waals surface area contributed by atoms with Crippen LogP contribution in [0.3, 0.4) is 0 Å². The molecule has 2 heterocycles. The molecule has 0 saturated carbocycles. The lowest BCUT2D eigenvalue weighted by atomic mass is 9.96. The number of aryl methyl sites for hydroxylation is 1. The SMILES string of the molecule is CCCC1CCCN(c2ncc(C)cc2Br)CC1. The summed E-state index contributed by atoms with van der Waals surface area (Å²) in [5.74, 6) is 2.04. The van der Waals surface area contributed by atoms with Gasteiger partial charge in [0.25, 0.3) is 0 Å². The lowest BCUT2D eigenvalue weighted by Crippen LogP contribution is -2.25. The summed E-state index contributed by atoms with van der Waals surface area (Å²) in [7, 11) is 0. The molecular formula is C15H23BrN2. The van der Waals surface area contributed by atoms with Crippen LogP contribution in [0.25, 0.3) is 0 Å². The Morgan fingerprint density at radius 2 is 2.22 bits per heavy atom. The number of nitrogens with zero attached hydrogens (tertiary/aromatic N) is 2. The van der Waals surface area contributed by atoms with Crippen molar-refractivity contribution >= 4 is 21.7 Å². The molecule has 18 heavy (non-hydrogen) atoms. The number of aromatic nitrogens is 1. The Bertz CT molecular complexity index is 392. The van der Waals surface area contributed by atoms with Crippen molar-refractivity contribution in [2.75, 3.05) is 18.0 Å². The van der Waals surface area contributed by atoms with Crippen molar-refractivity contribution in [2.24, 2.45) is 5.92 Å². The molecule has 0 bridgehead atoms. The summed E-state index contributed by atoms with van der Waals surface area (Å²) in [4.78, 5) is 7.04. The van der Waals surface area contributed by atoms with Gasteiger partial charge in [-0.1, -0.05) is 19.8 Å². The molecule has 100 valence electrons. The molecule has 1 aromatic heterocycles. The lowest BCUT2D eigenvalue weighted by molar-refractivity contribution is 0.435. The van der Waals surface area contributed by atoms with E-state index in [9.17, 15) is 0 Å². The van der Waals surface area contributed by atoms with Crippen LogP contribution in [0.15, 0.2) is 16.7 Å². The zero-order valence-corrected chi connectivity index (χ0v) is 13.0. The molecule has 1 aliphatic rings. The Labute approximate surface area is 119 Å². The number of hydrogen-bond donors (Lipinski definition) is 0. The van der Waals surface area contributed by atoms with Gasteiger partial charge in [0.05, 0.1) is 4.47 Å². The first-order valence-electron chi connectivity index (χ1n) is 7.07. The van der Waals surface area contributed by atoms with E-state index in [-0.39, 0.29) is 0 Å². The van der Waals surface area contributed by atoms with Gasteiger partial charge < -0.3 is 4.90 Å². The van der Waals surface area contributed by atoms with E-state index in [0.717, 1.165) is 29.3 Å². The first-order chi connectivity index (χ1) is 8.70. The summed E-state index contributed by atoms with van der Waals surface area (Å²) in [6.45, 7) is 6.68. The predicted octanol–water partition coefficient (Wildman–Crippen LogP) is 4.56. The normalized spacial score (nSPS) is 20.8. The summed E-state index contributed by atoms with van der Waals surface area (Å²) in [5, 5.41) is 0. The molecule has 0 aliphatic carbocycles. The van der Waals surface area contributed by atoms with Gasteiger partial charge in [0, 0.05) is 19.3 Å². The first-order valence-corrected chi connectivity index (χ1v) is 7.87. The molecule has 0 N–H and O–H groups in total. The number of anilines is 1. The van der Waals surface area contributed by atoms with Crippen molar-refractivity contribution in [1.29, 1.82) is 0 Å². The van der Waals surface area contributed by atoms with Crippen molar-refractivity contribution in [3.05, 3.63) is 22.3 Å². The van der Waals surface area contributed by atoms with Gasteiger partial charge in [-0.15, -0.1) is 0 Å². The number of pyridine rings is 1. The molecule has 3 heteroatoms. The molecule has 0 amide bonds. The third-order valence-electron chi connectivity index (χ3n) is 3.80. The van der Waals surface area contributed by atoms with E-state index in [1.165, 1.54) is 37.7 Å². The number of hydrogen-bond acceptors (Lipinski definition) is 2. The fourth-order valence-corrected chi connectivity index (χ4v) is 3.55. The fraction of sp³-hybridized carbons (Fsp3) is 0.667. The zero-order valence-electron chi connectivity index (χ0n) is 11.5. The maximum absolute atomic E-state index is 4.59. The molecule has 1 unspecified atom stereocenters. The summed E-state index contributed by atoms with van der Waals surface area (Å²) >= 11 is 3.65. The van der Waals surface area contributed by atoms with Gasteiger partial charge in [-0.3, -0.25) is 0 Å². The van der Waals surface area contributed by atoms with E-state index in [2.05, 4.69) is 45.7 Å². The monoisotopic (exact) mass is 310 g/mol. The Kier molecular flexibility index (Phi) is 5.04. The molecule has 1 aliphatic heterocycles. The first kappa shape index (κ1) is 13.9. The minimum Gasteiger partial charge on any atom is -0.356 e. The van der Waals surface area contributed by atoms with E-state index < -0.39 is 0 Å². The van der Waals surface area contributed by atoms with Crippen LogP contribution in [0.1, 0.15) is 44.6 Å². The molecule has 1 aromatic rings. The average Bonchev–Trinajstić information content (AvgIpc) is 2.55. The van der Waals surface area contributed by atoms with Gasteiger partial charge in [0.15, 0.2) is 0 Å². The maximum Gasteiger partial charge on any atom is 0.142 e. The van der Waals surface area contributed by atoms with Gasteiger partial charge in [-0.2, -0.15) is 0 Å². The Morgan fingerprint density at radius 3 is 2.94 bits per heavy atom. The second-order valence-electron chi connectivity index (χ2n) is 5.39. The third kappa shape index (κ3) is 3.47. The molecule has 0 spiro atoms. The quantitative estimate of drug-likeness (QED) is 0.813. The molecule has 2 nitrogen and oxygen atoms in total. The van der Waals surface area contributed by atoms with Crippen LogP contribution in [0.2, 0.25) is 0 Å². The maximum atomic E-state index is 4.59.